The molecule has 0 N–H and O–H groups in total. The summed E-state index contributed by atoms with van der Waals surface area (Å²) < 4.78 is 3.64. The monoisotopic (exact) mass is 87.0 g/mol. The maximum Gasteiger partial charge on any atom is 0.371 e. The van der Waals surface area contributed by atoms with Crippen molar-refractivity contribution in [2.45, 2.75) is 0 Å². The van der Waals surface area contributed by atoms with Gasteiger partial charge in [-0.2, -0.15) is 0 Å². The second-order valence-electron chi connectivity index (χ2n) is 0.581. The van der Waals surface area contributed by atoms with E-state index >= 15 is 0 Å². The SMILES string of the molecule is [CH2]OC(=O)C=O. The summed E-state index contributed by atoms with van der Waals surface area (Å²) in [6.07, 6.45) is 0.0486. The molecule has 6 heavy (non-hydrogen) atoms. The van der Waals surface area contributed by atoms with E-state index in [4.69, 9.17) is 0 Å². The average Bonchev–Trinajstić information content (AvgIpc) is 1.65. The Bertz CT molecular complexity index is 66.4. The minimum absolute atomic E-state index is 0.0486. The predicted molar refractivity (Wildman–Crippen MR) is 17.5 cm³/mol. The first-order chi connectivity index (χ1) is 2.81. The molecule has 0 saturated carbocycles. The van der Waals surface area contributed by atoms with Crippen LogP contribution in [0.2, 0.25) is 0 Å². The van der Waals surface area contributed by atoms with Crippen molar-refractivity contribution in [3.8, 4) is 0 Å². The Morgan fingerprint density at radius 1 is 1.83 bits per heavy atom. The van der Waals surface area contributed by atoms with Crippen LogP contribution < -0.4 is 0 Å². The van der Waals surface area contributed by atoms with Crippen molar-refractivity contribution < 1.29 is 14.3 Å². The number of aldehydes is 1. The quantitative estimate of drug-likeness (QED) is 0.246. The number of carbonyl (C=O) groups excluding carboxylic acids is 2. The van der Waals surface area contributed by atoms with Crippen LogP contribution in [0.1, 0.15) is 0 Å². The third-order valence-corrected chi connectivity index (χ3v) is 0.238. The zero-order valence-electron chi connectivity index (χ0n) is 3.01. The van der Waals surface area contributed by atoms with Crippen molar-refractivity contribution in [1.29, 1.82) is 0 Å². The van der Waals surface area contributed by atoms with E-state index in [2.05, 4.69) is 11.8 Å². The number of esters is 1. The molecule has 0 aliphatic rings. The van der Waals surface area contributed by atoms with Crippen molar-refractivity contribution in [2.75, 3.05) is 0 Å². The molecule has 0 rings (SSSR count). The molecule has 0 aromatic rings. The van der Waals surface area contributed by atoms with Crippen molar-refractivity contribution in [1.82, 2.24) is 0 Å². The van der Waals surface area contributed by atoms with Gasteiger partial charge in [0.15, 0.2) is 0 Å². The first kappa shape index (κ1) is 5.14. The van der Waals surface area contributed by atoms with Gasteiger partial charge in [0, 0.05) is 0 Å². The molecule has 0 unspecified atom stereocenters. The molecule has 3 nitrogen and oxygen atoms in total. The molecule has 0 saturated heterocycles. The number of ether oxygens (including phenoxy) is 1. The van der Waals surface area contributed by atoms with Gasteiger partial charge in [-0.3, -0.25) is 4.79 Å². The summed E-state index contributed by atoms with van der Waals surface area (Å²) in [6.45, 7) is 0. The number of hydrogen-bond donors (Lipinski definition) is 0. The largest absolute Gasteiger partial charge is 0.457 e. The van der Waals surface area contributed by atoms with Gasteiger partial charge in [0.2, 0.25) is 6.29 Å². The molecule has 0 amide bonds. The van der Waals surface area contributed by atoms with Gasteiger partial charge >= 0.3 is 5.97 Å². The fraction of sp³-hybridized carbons (Fsp3) is 0. The van der Waals surface area contributed by atoms with Gasteiger partial charge in [0.25, 0.3) is 0 Å². The van der Waals surface area contributed by atoms with Gasteiger partial charge in [-0.15, -0.1) is 0 Å². The summed E-state index contributed by atoms with van der Waals surface area (Å²) in [5.41, 5.74) is 0. The third kappa shape index (κ3) is 1.46. The Hall–Kier alpha value is -0.860. The van der Waals surface area contributed by atoms with E-state index in [-0.39, 0.29) is 6.29 Å². The highest BCUT2D eigenvalue weighted by Gasteiger charge is 1.88. The molecule has 0 aliphatic heterocycles. The normalized spacial score (nSPS) is 6.83. The molecular formula is C3H3O3. The van der Waals surface area contributed by atoms with Crippen molar-refractivity contribution >= 4 is 12.3 Å². The predicted octanol–water partition coefficient (Wildman–Crippen LogP) is -0.480. The first-order valence-electron chi connectivity index (χ1n) is 1.22. The lowest BCUT2D eigenvalue weighted by Crippen LogP contribution is -1.97. The zero-order chi connectivity index (χ0) is 4.99. The lowest BCUT2D eigenvalue weighted by molar-refractivity contribution is -0.144. The average molecular weight is 87.1 g/mol. The highest BCUT2D eigenvalue weighted by atomic mass is 16.5. The first-order valence-corrected chi connectivity index (χ1v) is 1.22. The Morgan fingerprint density at radius 3 is 2.33 bits per heavy atom. The Balaban J connectivity index is 3.23. The van der Waals surface area contributed by atoms with Crippen molar-refractivity contribution in [2.24, 2.45) is 0 Å². The van der Waals surface area contributed by atoms with E-state index in [1.807, 2.05) is 0 Å². The van der Waals surface area contributed by atoms with E-state index in [0.717, 1.165) is 0 Å². The van der Waals surface area contributed by atoms with Crippen LogP contribution in [-0.2, 0) is 14.3 Å². The molecule has 3 heteroatoms. The highest BCUT2D eigenvalue weighted by Crippen LogP contribution is 1.61. The number of hydrogen-bond acceptors (Lipinski definition) is 3. The van der Waals surface area contributed by atoms with Gasteiger partial charge in [0.05, 0.1) is 0 Å². The van der Waals surface area contributed by atoms with Gasteiger partial charge < -0.3 is 4.74 Å². The highest BCUT2D eigenvalue weighted by molar-refractivity contribution is 6.20. The summed E-state index contributed by atoms with van der Waals surface area (Å²) in [7, 11) is 2.68. The molecule has 1 radical (unpaired) electrons. The maximum absolute atomic E-state index is 9.53. The smallest absolute Gasteiger partial charge is 0.371 e. The molecule has 0 fully saturated rings. The van der Waals surface area contributed by atoms with Crippen LogP contribution in [0.3, 0.4) is 0 Å². The van der Waals surface area contributed by atoms with Crippen LogP contribution >= 0.6 is 0 Å². The lowest BCUT2D eigenvalue weighted by atomic mass is 10.8. The van der Waals surface area contributed by atoms with E-state index in [1.165, 1.54) is 0 Å². The topological polar surface area (TPSA) is 43.4 Å². The molecule has 0 aliphatic carbocycles. The van der Waals surface area contributed by atoms with E-state index in [1.54, 1.807) is 0 Å². The molecule has 0 heterocycles. The molecule has 0 aromatic heterocycles. The van der Waals surface area contributed by atoms with E-state index < -0.39 is 5.97 Å². The van der Waals surface area contributed by atoms with Gasteiger partial charge in [-0.25, -0.2) is 4.79 Å². The van der Waals surface area contributed by atoms with Gasteiger partial charge in [0.1, 0.15) is 7.11 Å². The molecule has 0 aromatic carbocycles. The number of rotatable bonds is 1. The van der Waals surface area contributed by atoms with E-state index in [9.17, 15) is 9.59 Å². The van der Waals surface area contributed by atoms with Crippen LogP contribution in [0.15, 0.2) is 0 Å². The summed E-state index contributed by atoms with van der Waals surface area (Å²) in [5.74, 6) is -0.949. The molecule has 33 valence electrons. The summed E-state index contributed by atoms with van der Waals surface area (Å²) in [6, 6.07) is 0. The Kier molecular flexibility index (Phi) is 2.04. The Labute approximate surface area is 34.9 Å². The molecule has 0 spiro atoms. The van der Waals surface area contributed by atoms with Crippen LogP contribution in [0.4, 0.5) is 0 Å². The zero-order valence-corrected chi connectivity index (χ0v) is 3.01. The maximum atomic E-state index is 9.53. The minimum atomic E-state index is -0.949. The van der Waals surface area contributed by atoms with E-state index in [0.29, 0.717) is 0 Å². The van der Waals surface area contributed by atoms with Gasteiger partial charge in [-0.05, 0) is 0 Å². The third-order valence-electron chi connectivity index (χ3n) is 0.238. The van der Waals surface area contributed by atoms with Crippen LogP contribution in [0.5, 0.6) is 0 Å². The minimum Gasteiger partial charge on any atom is -0.457 e. The van der Waals surface area contributed by atoms with Gasteiger partial charge in [-0.1, -0.05) is 0 Å². The molecule has 0 bridgehead atoms. The standard InChI is InChI=1S/C3H3O3/c1-6-3(5)2-4/h2H,1H2. The summed E-state index contributed by atoms with van der Waals surface area (Å²) in [4.78, 5) is 18.7. The fourth-order valence-corrected chi connectivity index (χ4v) is 0.0340. The fourth-order valence-electron chi connectivity index (χ4n) is 0.0340. The molecule has 0 atom stereocenters. The Morgan fingerprint density at radius 2 is 2.33 bits per heavy atom. The van der Waals surface area contributed by atoms with Crippen LogP contribution in [0.25, 0.3) is 0 Å². The van der Waals surface area contributed by atoms with Crippen molar-refractivity contribution in [3.05, 3.63) is 7.11 Å². The second kappa shape index (κ2) is 2.38. The number of carbonyl (C=O) groups is 2. The molecular weight excluding hydrogens is 84.0 g/mol. The summed E-state index contributed by atoms with van der Waals surface area (Å²) >= 11 is 0. The van der Waals surface area contributed by atoms with Crippen LogP contribution in [-0.4, -0.2) is 12.3 Å². The van der Waals surface area contributed by atoms with Crippen molar-refractivity contribution in [3.63, 3.8) is 0 Å². The second-order valence-corrected chi connectivity index (χ2v) is 0.581. The summed E-state index contributed by atoms with van der Waals surface area (Å²) in [5, 5.41) is 0. The lowest BCUT2D eigenvalue weighted by Gasteiger charge is -1.79. The van der Waals surface area contributed by atoms with Crippen LogP contribution in [0, 0.1) is 7.11 Å².